The van der Waals surface area contributed by atoms with Crippen molar-refractivity contribution in [2.75, 3.05) is 4.90 Å². The number of hydrogen-bond donors (Lipinski definition) is 0. The van der Waals surface area contributed by atoms with Gasteiger partial charge in [0.25, 0.3) is 0 Å². The Labute approximate surface area is 309 Å². The van der Waals surface area contributed by atoms with Crippen molar-refractivity contribution < 1.29 is 0 Å². The van der Waals surface area contributed by atoms with Gasteiger partial charge in [-0.25, -0.2) is 0 Å². The maximum Gasteiger partial charge on any atom is 0.0540 e. The predicted molar refractivity (Wildman–Crippen MR) is 227 cm³/mol. The van der Waals surface area contributed by atoms with Gasteiger partial charge in [0.2, 0.25) is 0 Å². The summed E-state index contributed by atoms with van der Waals surface area (Å²) in [5.41, 5.74) is 10.6. The van der Waals surface area contributed by atoms with Crippen LogP contribution < -0.4 is 4.90 Å². The molecule has 10 rings (SSSR count). The standard InChI is InChI=1S/C52H35N/c1-2-16-37(17-3-1)43-26-13-28-48-46(43)27-14-30-52(48)53(42-21-12-20-39(34-42)40-32-31-36-15-4-5-18-38(36)33-40)51-29-11-10-25-49(51)50-35-41-19-6-7-22-44(41)45-23-8-9-24-47(45)50/h1-35H. The fraction of sp³-hybridized carbons (Fsp3) is 0. The van der Waals surface area contributed by atoms with Crippen LogP contribution in [-0.4, -0.2) is 0 Å². The molecule has 0 spiro atoms. The van der Waals surface area contributed by atoms with Crippen molar-refractivity contribution in [1.82, 2.24) is 0 Å². The lowest BCUT2D eigenvalue weighted by Gasteiger charge is -2.30. The third-order valence-corrected chi connectivity index (χ3v) is 10.6. The zero-order valence-electron chi connectivity index (χ0n) is 29.2. The molecule has 0 N–H and O–H groups in total. The minimum atomic E-state index is 1.10. The lowest BCUT2D eigenvalue weighted by atomic mass is 9.91. The zero-order valence-corrected chi connectivity index (χ0v) is 29.2. The molecule has 0 bridgehead atoms. The average molecular weight is 674 g/mol. The van der Waals surface area contributed by atoms with Gasteiger partial charge in [-0.05, 0) is 102 Å². The van der Waals surface area contributed by atoms with E-state index < -0.39 is 0 Å². The summed E-state index contributed by atoms with van der Waals surface area (Å²) in [4.78, 5) is 2.47. The summed E-state index contributed by atoms with van der Waals surface area (Å²) in [6.07, 6.45) is 0. The van der Waals surface area contributed by atoms with E-state index in [1.807, 2.05) is 0 Å². The Balaban J connectivity index is 1.25. The third kappa shape index (κ3) is 5.42. The number of nitrogens with zero attached hydrogens (tertiary/aromatic N) is 1. The molecule has 53 heavy (non-hydrogen) atoms. The van der Waals surface area contributed by atoms with Gasteiger partial charge >= 0.3 is 0 Å². The van der Waals surface area contributed by atoms with E-state index in [2.05, 4.69) is 217 Å². The minimum absolute atomic E-state index is 1.10. The van der Waals surface area contributed by atoms with Gasteiger partial charge in [-0.2, -0.15) is 0 Å². The zero-order chi connectivity index (χ0) is 35.1. The fourth-order valence-electron chi connectivity index (χ4n) is 8.13. The minimum Gasteiger partial charge on any atom is -0.309 e. The van der Waals surface area contributed by atoms with E-state index in [0.29, 0.717) is 0 Å². The molecule has 0 amide bonds. The van der Waals surface area contributed by atoms with Gasteiger partial charge in [0.15, 0.2) is 0 Å². The van der Waals surface area contributed by atoms with Crippen LogP contribution in [0.4, 0.5) is 17.1 Å². The molecule has 0 aliphatic carbocycles. The van der Waals surface area contributed by atoms with Crippen LogP contribution in [0.3, 0.4) is 0 Å². The lowest BCUT2D eigenvalue weighted by Crippen LogP contribution is -2.12. The Morgan fingerprint density at radius 2 is 0.811 bits per heavy atom. The Kier molecular flexibility index (Phi) is 7.55. The lowest BCUT2D eigenvalue weighted by molar-refractivity contribution is 1.30. The second kappa shape index (κ2) is 13.0. The topological polar surface area (TPSA) is 3.24 Å². The van der Waals surface area contributed by atoms with Gasteiger partial charge in [0.1, 0.15) is 0 Å². The van der Waals surface area contributed by atoms with Crippen LogP contribution in [0.25, 0.3) is 76.5 Å². The second-order valence-electron chi connectivity index (χ2n) is 13.7. The molecule has 0 atom stereocenters. The fourth-order valence-corrected chi connectivity index (χ4v) is 8.13. The van der Waals surface area contributed by atoms with E-state index in [9.17, 15) is 0 Å². The first-order valence-corrected chi connectivity index (χ1v) is 18.3. The van der Waals surface area contributed by atoms with Gasteiger partial charge in [-0.1, -0.05) is 176 Å². The van der Waals surface area contributed by atoms with Crippen LogP contribution in [0.5, 0.6) is 0 Å². The molecule has 0 aliphatic rings. The highest BCUT2D eigenvalue weighted by Gasteiger charge is 2.22. The van der Waals surface area contributed by atoms with E-state index >= 15 is 0 Å². The largest absolute Gasteiger partial charge is 0.309 e. The van der Waals surface area contributed by atoms with Crippen molar-refractivity contribution in [1.29, 1.82) is 0 Å². The number of hydrogen-bond acceptors (Lipinski definition) is 1. The van der Waals surface area contributed by atoms with Crippen LogP contribution >= 0.6 is 0 Å². The number of benzene rings is 10. The molecular weight excluding hydrogens is 639 g/mol. The molecule has 0 fully saturated rings. The van der Waals surface area contributed by atoms with Gasteiger partial charge in [0, 0.05) is 16.6 Å². The highest BCUT2D eigenvalue weighted by molar-refractivity contribution is 6.15. The van der Waals surface area contributed by atoms with Gasteiger partial charge in [0.05, 0.1) is 11.4 Å². The highest BCUT2D eigenvalue weighted by Crippen LogP contribution is 2.47. The van der Waals surface area contributed by atoms with Crippen LogP contribution in [0, 0.1) is 0 Å². The van der Waals surface area contributed by atoms with Crippen LogP contribution in [0.2, 0.25) is 0 Å². The molecule has 1 heteroatoms. The van der Waals surface area contributed by atoms with Gasteiger partial charge in [-0.3, -0.25) is 0 Å². The summed E-state index contributed by atoms with van der Waals surface area (Å²) in [7, 11) is 0. The Bertz CT molecular complexity index is 2960. The van der Waals surface area contributed by atoms with E-state index in [0.717, 1.165) is 17.1 Å². The average Bonchev–Trinajstić information content (AvgIpc) is 3.24. The molecular formula is C52H35N. The smallest absolute Gasteiger partial charge is 0.0540 e. The molecule has 0 unspecified atom stereocenters. The summed E-state index contributed by atoms with van der Waals surface area (Å²) in [5.74, 6) is 0. The Morgan fingerprint density at radius 1 is 0.245 bits per heavy atom. The molecule has 0 heterocycles. The van der Waals surface area contributed by atoms with Crippen molar-refractivity contribution in [3.8, 4) is 33.4 Å². The molecule has 10 aromatic rings. The Hall–Kier alpha value is -6.96. The summed E-state index contributed by atoms with van der Waals surface area (Å²) < 4.78 is 0. The first-order chi connectivity index (χ1) is 26.3. The van der Waals surface area contributed by atoms with E-state index in [1.54, 1.807) is 0 Å². The number of para-hydroxylation sites is 1. The molecule has 0 saturated carbocycles. The van der Waals surface area contributed by atoms with Crippen molar-refractivity contribution in [2.24, 2.45) is 0 Å². The molecule has 0 saturated heterocycles. The Morgan fingerprint density at radius 3 is 1.70 bits per heavy atom. The summed E-state index contributed by atoms with van der Waals surface area (Å²) >= 11 is 0. The SMILES string of the molecule is c1ccc(-c2cccc3c(N(c4cccc(-c5ccc6ccccc6c5)c4)c4ccccc4-c4cc5ccccc5c5ccccc45)cccc23)cc1. The molecule has 0 aliphatic heterocycles. The third-order valence-electron chi connectivity index (χ3n) is 10.6. The molecule has 10 aromatic carbocycles. The van der Waals surface area contributed by atoms with Gasteiger partial charge < -0.3 is 4.90 Å². The summed E-state index contributed by atoms with van der Waals surface area (Å²) in [6, 6.07) is 77.4. The molecule has 0 aromatic heterocycles. The van der Waals surface area contributed by atoms with E-state index in [-0.39, 0.29) is 0 Å². The van der Waals surface area contributed by atoms with Crippen molar-refractivity contribution in [3.05, 3.63) is 212 Å². The first kappa shape index (κ1) is 30.8. The summed E-state index contributed by atoms with van der Waals surface area (Å²) in [6.45, 7) is 0. The molecule has 0 radical (unpaired) electrons. The molecule has 1 nitrogen and oxygen atoms in total. The monoisotopic (exact) mass is 673 g/mol. The maximum absolute atomic E-state index is 2.47. The number of anilines is 3. The number of rotatable bonds is 6. The second-order valence-corrected chi connectivity index (χ2v) is 13.7. The predicted octanol–water partition coefficient (Wildman–Crippen LogP) is 14.8. The van der Waals surface area contributed by atoms with Gasteiger partial charge in [-0.15, -0.1) is 0 Å². The normalized spacial score (nSPS) is 11.4. The first-order valence-electron chi connectivity index (χ1n) is 18.3. The van der Waals surface area contributed by atoms with Crippen LogP contribution in [-0.2, 0) is 0 Å². The van der Waals surface area contributed by atoms with E-state index in [4.69, 9.17) is 0 Å². The maximum atomic E-state index is 2.47. The van der Waals surface area contributed by atoms with Crippen molar-refractivity contribution >= 4 is 60.2 Å². The number of fused-ring (bicyclic) bond motifs is 5. The van der Waals surface area contributed by atoms with E-state index in [1.165, 1.54) is 76.5 Å². The molecule has 248 valence electrons. The van der Waals surface area contributed by atoms with Crippen molar-refractivity contribution in [3.63, 3.8) is 0 Å². The van der Waals surface area contributed by atoms with Crippen molar-refractivity contribution in [2.45, 2.75) is 0 Å². The van der Waals surface area contributed by atoms with Crippen LogP contribution in [0.1, 0.15) is 0 Å². The quantitative estimate of drug-likeness (QED) is 0.159. The highest BCUT2D eigenvalue weighted by atomic mass is 15.1. The summed E-state index contributed by atoms with van der Waals surface area (Å²) in [5, 5.41) is 9.92. The van der Waals surface area contributed by atoms with Crippen LogP contribution in [0.15, 0.2) is 212 Å².